The minimum Gasteiger partial charge on any atom is -0.444 e. The van der Waals surface area contributed by atoms with Crippen molar-refractivity contribution in [1.82, 2.24) is 0 Å². The van der Waals surface area contributed by atoms with Crippen LogP contribution in [0.5, 0.6) is 28.7 Å². The van der Waals surface area contributed by atoms with Crippen LogP contribution in [0.1, 0.15) is 215 Å². The lowest BCUT2D eigenvalue weighted by Gasteiger charge is -2.27. The lowest BCUT2D eigenvalue weighted by molar-refractivity contribution is 0.304. The minimum absolute atomic E-state index is 0.0212. The fourth-order valence-electron chi connectivity index (χ4n) is 12.4. The molecule has 10 heteroatoms. The van der Waals surface area contributed by atoms with Gasteiger partial charge in [0.15, 0.2) is 11.8 Å². The van der Waals surface area contributed by atoms with Crippen molar-refractivity contribution in [3.05, 3.63) is 210 Å². The number of rotatable bonds is 18. The smallest absolute Gasteiger partial charge is 0.328 e. The highest BCUT2D eigenvalue weighted by atomic mass is 16.5. The molecule has 0 spiro atoms. The van der Waals surface area contributed by atoms with Gasteiger partial charge in [-0.15, -0.1) is 0 Å². The van der Waals surface area contributed by atoms with E-state index in [1.54, 1.807) is 13.8 Å². The normalized spacial score (nSPS) is 18.0. The van der Waals surface area contributed by atoms with Crippen LogP contribution in [0.2, 0.25) is 0 Å². The maximum Gasteiger partial charge on any atom is 0.328 e. The van der Waals surface area contributed by atoms with Crippen LogP contribution in [-0.4, -0.2) is 23.8 Å². The van der Waals surface area contributed by atoms with Crippen molar-refractivity contribution in [2.24, 2.45) is 20.0 Å². The van der Waals surface area contributed by atoms with Gasteiger partial charge in [-0.1, -0.05) is 170 Å². The van der Waals surface area contributed by atoms with Crippen molar-refractivity contribution in [2.75, 3.05) is 0 Å². The lowest BCUT2D eigenvalue weighted by atomic mass is 9.77. The summed E-state index contributed by atoms with van der Waals surface area (Å²) in [5.41, 5.74) is 6.88. The molecule has 9 rings (SSSR count). The number of hydrogen-bond acceptors (Lipinski definition) is 8. The average molecular weight is 1130 g/mol. The molecule has 0 radical (unpaired) electrons. The predicted molar refractivity (Wildman–Crippen MR) is 344 cm³/mol. The Morgan fingerprint density at radius 1 is 0.393 bits per heavy atom. The Hall–Kier alpha value is -7.72. The fraction of sp³-hybridized carbons (Fsp3) is 0.405. The van der Waals surface area contributed by atoms with E-state index in [4.69, 9.17) is 38.4 Å². The zero-order valence-electron chi connectivity index (χ0n) is 50.6. The molecule has 10 nitrogen and oxygen atoms in total. The molecule has 4 aliphatic carbocycles. The molecule has 0 heterocycles. The van der Waals surface area contributed by atoms with Crippen LogP contribution < -0.4 is 23.7 Å². The summed E-state index contributed by atoms with van der Waals surface area (Å²) in [4.78, 5) is 18.7. The molecule has 5 aromatic carbocycles. The first-order valence-electron chi connectivity index (χ1n) is 31.1. The molecule has 0 saturated heterocycles. The van der Waals surface area contributed by atoms with Crippen LogP contribution >= 0.6 is 0 Å². The molecule has 440 valence electrons. The fourth-order valence-corrected chi connectivity index (χ4v) is 12.4. The second-order valence-corrected chi connectivity index (χ2v) is 23.8. The quantitative estimate of drug-likeness (QED) is 0.0375. The van der Waals surface area contributed by atoms with Crippen LogP contribution in [0, 0.1) is 0 Å². The topological polar surface area (TPSA) is 105 Å². The summed E-state index contributed by atoms with van der Waals surface area (Å²) in [7, 11) is 0. The number of allylic oxidation sites excluding steroid dienone is 5. The highest BCUT2D eigenvalue weighted by Crippen LogP contribution is 2.38. The second-order valence-electron chi connectivity index (χ2n) is 23.8. The summed E-state index contributed by atoms with van der Waals surface area (Å²) in [6.45, 7) is 22.2. The van der Waals surface area contributed by atoms with E-state index >= 15 is 0 Å². The first-order chi connectivity index (χ1) is 40.8. The Labute approximate surface area is 501 Å². The number of hydrogen-bond donors (Lipinski definition) is 0. The third-order valence-corrected chi connectivity index (χ3v) is 17.3. The summed E-state index contributed by atoms with van der Waals surface area (Å²) < 4.78 is 37.5. The molecule has 0 unspecified atom stereocenters. The van der Waals surface area contributed by atoms with Crippen molar-refractivity contribution in [3.8, 4) is 28.7 Å². The molecule has 0 amide bonds. The van der Waals surface area contributed by atoms with Crippen molar-refractivity contribution in [1.29, 1.82) is 0 Å². The monoisotopic (exact) mass is 1130 g/mol. The number of aliphatic imine (C=N–C) groups is 4. The number of nitrogens with zero attached hydrogens (tertiary/aromatic N) is 4. The third kappa shape index (κ3) is 17.9. The van der Waals surface area contributed by atoms with Gasteiger partial charge in [0, 0.05) is 19.3 Å². The van der Waals surface area contributed by atoms with Gasteiger partial charge in [-0.05, 0) is 195 Å². The van der Waals surface area contributed by atoms with E-state index in [0.29, 0.717) is 70.0 Å². The van der Waals surface area contributed by atoms with Gasteiger partial charge in [-0.2, -0.15) is 20.0 Å². The Bertz CT molecular complexity index is 3160. The molecule has 0 atom stereocenters. The summed E-state index contributed by atoms with van der Waals surface area (Å²) >= 11 is 0. The van der Waals surface area contributed by atoms with Gasteiger partial charge in [0.05, 0.1) is 0 Å². The largest absolute Gasteiger partial charge is 0.444 e. The molecular formula is C74H88N4O6. The first-order valence-corrected chi connectivity index (χ1v) is 31.1. The Morgan fingerprint density at radius 3 is 1.05 bits per heavy atom. The molecule has 0 aromatic heterocycles. The van der Waals surface area contributed by atoms with E-state index in [1.165, 1.54) is 151 Å². The zero-order valence-corrected chi connectivity index (χ0v) is 50.6. The maximum atomic E-state index is 6.40. The molecule has 4 fully saturated rings. The van der Waals surface area contributed by atoms with Gasteiger partial charge in [-0.3, -0.25) is 0 Å². The lowest BCUT2D eigenvalue weighted by Crippen LogP contribution is -2.19. The molecule has 5 aromatic rings. The summed E-state index contributed by atoms with van der Waals surface area (Å²) in [6, 6.07) is 41.2. The van der Waals surface area contributed by atoms with Crippen LogP contribution in [0.3, 0.4) is 0 Å². The second kappa shape index (κ2) is 30.2. The SMILES string of the molecule is C=C/C(=C\C=C(/C)OC(=C)N=C(N=C(C)Oc1ccc(C2CCCCC2)cc1)Oc1ccc(C2CCCCC2)cc1)C(C)(C)c1ccc(OC(N=C(C)Oc2ccc(C3CCCCC3)cc2)=NC(=C)Oc2ccc(C3CCCCC3)cc2)cc1. The van der Waals surface area contributed by atoms with Crippen molar-refractivity contribution >= 4 is 23.8 Å². The van der Waals surface area contributed by atoms with Gasteiger partial charge in [0.2, 0.25) is 11.8 Å². The van der Waals surface area contributed by atoms with Gasteiger partial charge < -0.3 is 28.4 Å². The van der Waals surface area contributed by atoms with Crippen LogP contribution in [0.4, 0.5) is 0 Å². The summed E-state index contributed by atoms with van der Waals surface area (Å²) in [5, 5.41) is 0. The summed E-state index contributed by atoms with van der Waals surface area (Å²) in [5.74, 6) is 7.05. The van der Waals surface area contributed by atoms with E-state index in [9.17, 15) is 0 Å². The average Bonchev–Trinajstić information content (AvgIpc) is 3.69. The van der Waals surface area contributed by atoms with E-state index in [-0.39, 0.29) is 23.8 Å². The summed E-state index contributed by atoms with van der Waals surface area (Å²) in [6.07, 6.45) is 31.1. The first kappa shape index (κ1) is 60.9. The Kier molecular flexibility index (Phi) is 21.9. The van der Waals surface area contributed by atoms with Gasteiger partial charge >= 0.3 is 12.0 Å². The van der Waals surface area contributed by atoms with Crippen LogP contribution in [-0.2, 0) is 10.2 Å². The highest BCUT2D eigenvalue weighted by Gasteiger charge is 2.25. The molecule has 84 heavy (non-hydrogen) atoms. The molecule has 4 aliphatic rings. The minimum atomic E-state index is -0.483. The van der Waals surface area contributed by atoms with Gasteiger partial charge in [0.1, 0.15) is 34.5 Å². The predicted octanol–water partition coefficient (Wildman–Crippen LogP) is 20.4. The molecule has 0 N–H and O–H groups in total. The standard InChI is InChI=1S/C74H88N4O6/c1-9-65(39-30-52(2)79-53(3)75-72(83-70-48-37-64(38-49-70)60-28-20-13-21-29-60)76-54(4)80-67-42-31-61(32-43-67)57-22-14-10-15-23-57)74(7,8)66-40-50-71(51-41-66)84-73(77-55(5)81-68-44-33-62(34-45-68)58-24-16-11-17-25-58)78-56(6)82-69-46-35-63(36-47-69)59-26-18-12-19-27-59/h9,30-51,57-60H,1,3,5,10-29H2,2,4,6-8H3/b52-30+,65-39+,75-72?,76-54?,77-73?,78-56?. The number of benzene rings is 5. The zero-order chi connectivity index (χ0) is 58.7. The van der Waals surface area contributed by atoms with E-state index in [2.05, 4.69) is 92.1 Å². The van der Waals surface area contributed by atoms with Crippen molar-refractivity contribution in [3.63, 3.8) is 0 Å². The van der Waals surface area contributed by atoms with Crippen molar-refractivity contribution in [2.45, 2.75) is 192 Å². The molecule has 0 aliphatic heterocycles. The van der Waals surface area contributed by atoms with Crippen LogP contribution in [0.25, 0.3) is 0 Å². The van der Waals surface area contributed by atoms with Crippen LogP contribution in [0.15, 0.2) is 202 Å². The number of ether oxygens (including phenoxy) is 6. The molecular weight excluding hydrogens is 1040 g/mol. The highest BCUT2D eigenvalue weighted by molar-refractivity contribution is 5.92. The maximum absolute atomic E-state index is 6.40. The van der Waals surface area contributed by atoms with E-state index in [1.807, 2.05) is 97.9 Å². The third-order valence-electron chi connectivity index (χ3n) is 17.3. The Balaban J connectivity index is 0.876. The van der Waals surface area contributed by atoms with E-state index in [0.717, 1.165) is 11.1 Å². The van der Waals surface area contributed by atoms with Gasteiger partial charge in [-0.25, -0.2) is 0 Å². The molecule has 0 bridgehead atoms. The number of amidine groups is 2. The van der Waals surface area contributed by atoms with Gasteiger partial charge in [0.25, 0.3) is 0 Å². The van der Waals surface area contributed by atoms with E-state index < -0.39 is 5.41 Å². The molecule has 4 saturated carbocycles. The van der Waals surface area contributed by atoms with Crippen molar-refractivity contribution < 1.29 is 28.4 Å². The Morgan fingerprint density at radius 2 is 0.702 bits per heavy atom.